The zero-order valence-corrected chi connectivity index (χ0v) is 19.6. The van der Waals surface area contributed by atoms with E-state index in [9.17, 15) is 9.59 Å². The third kappa shape index (κ3) is 7.12. The molecule has 0 fully saturated rings. The van der Waals surface area contributed by atoms with Gasteiger partial charge in [0.25, 0.3) is 5.91 Å². The van der Waals surface area contributed by atoms with Crippen LogP contribution in [0.25, 0.3) is 0 Å². The van der Waals surface area contributed by atoms with Gasteiger partial charge in [0.15, 0.2) is 0 Å². The van der Waals surface area contributed by atoms with Gasteiger partial charge in [0, 0.05) is 15.7 Å². The van der Waals surface area contributed by atoms with Crippen molar-refractivity contribution in [3.05, 3.63) is 87.4 Å². The molecule has 3 rings (SSSR count). The molecule has 3 N–H and O–H groups in total. The fraction of sp³-hybridized carbons (Fsp3) is 0.0870. The number of ether oxygens (including phenoxy) is 1. The van der Waals surface area contributed by atoms with Crippen molar-refractivity contribution >= 4 is 69.6 Å². The Hall–Kier alpha value is -3.26. The number of rotatable bonds is 6. The lowest BCUT2D eigenvalue weighted by molar-refractivity contribution is -0.135. The van der Waals surface area contributed by atoms with Gasteiger partial charge in [0.2, 0.25) is 5.84 Å². The van der Waals surface area contributed by atoms with E-state index in [-0.39, 0.29) is 23.0 Å². The lowest BCUT2D eigenvalue weighted by Crippen LogP contribution is -2.36. The Kier molecular flexibility index (Phi) is 8.54. The molecule has 0 radical (unpaired) electrons. The van der Waals surface area contributed by atoms with Crippen LogP contribution in [0.2, 0.25) is 15.1 Å². The molecule has 0 heterocycles. The number of anilines is 2. The largest absolute Gasteiger partial charge is 0.460 e. The summed E-state index contributed by atoms with van der Waals surface area (Å²) < 4.78 is 5.07. The number of carbonyl (C=O) groups is 2. The van der Waals surface area contributed by atoms with Crippen LogP contribution in [0.5, 0.6) is 0 Å². The highest BCUT2D eigenvalue weighted by atomic mass is 35.5. The zero-order valence-electron chi connectivity index (χ0n) is 17.4. The van der Waals surface area contributed by atoms with Gasteiger partial charge in [0.1, 0.15) is 0 Å². The highest BCUT2D eigenvalue weighted by Gasteiger charge is 2.14. The fourth-order valence-electron chi connectivity index (χ4n) is 2.64. The minimum absolute atomic E-state index is 0.0731. The van der Waals surface area contributed by atoms with Gasteiger partial charge in [-0.1, -0.05) is 40.9 Å². The normalized spacial score (nSPS) is 11.0. The molecule has 0 aliphatic rings. The molecule has 0 saturated carbocycles. The predicted molar refractivity (Wildman–Crippen MR) is 133 cm³/mol. The molecule has 0 saturated heterocycles. The third-order valence-electron chi connectivity index (χ3n) is 4.16. The lowest BCUT2D eigenvalue weighted by atomic mass is 10.2. The number of nitrogens with zero attached hydrogens (tertiary/aromatic N) is 1. The van der Waals surface area contributed by atoms with E-state index >= 15 is 0 Å². The second-order valence-electron chi connectivity index (χ2n) is 6.57. The number of halogens is 3. The van der Waals surface area contributed by atoms with Crippen LogP contribution in [0.4, 0.5) is 17.1 Å². The molecule has 0 atom stereocenters. The van der Waals surface area contributed by atoms with Crippen LogP contribution in [-0.2, 0) is 9.53 Å². The van der Waals surface area contributed by atoms with Crippen molar-refractivity contribution in [1.82, 2.24) is 5.43 Å². The van der Waals surface area contributed by atoms with E-state index in [1.807, 2.05) is 0 Å². The molecule has 7 nitrogen and oxygen atoms in total. The first kappa shape index (κ1) is 24.4. The van der Waals surface area contributed by atoms with E-state index in [1.165, 1.54) is 12.1 Å². The van der Waals surface area contributed by atoms with Gasteiger partial charge in [-0.05, 0) is 67.6 Å². The van der Waals surface area contributed by atoms with E-state index in [1.54, 1.807) is 61.5 Å². The molecule has 0 spiro atoms. The molecule has 170 valence electrons. The number of nitrogens with one attached hydrogen (secondary N) is 3. The van der Waals surface area contributed by atoms with E-state index < -0.39 is 11.9 Å². The SMILES string of the molecule is CCOC(=O)C(=Nc1cccc(NC(=O)c2ccc(Cl)cc2Cl)c1)NNc1ccc(Cl)cc1. The molecule has 0 aliphatic heterocycles. The summed E-state index contributed by atoms with van der Waals surface area (Å²) in [6.45, 7) is 1.87. The molecule has 3 aromatic carbocycles. The van der Waals surface area contributed by atoms with Gasteiger partial charge in [-0.3, -0.25) is 15.6 Å². The summed E-state index contributed by atoms with van der Waals surface area (Å²) in [5, 5.41) is 3.99. The molecule has 10 heteroatoms. The standard InChI is InChI=1S/C23H19Cl3N4O3/c1-2-33-23(32)21(30-29-16-9-6-14(24)7-10-16)27-17-4-3-5-18(13-17)28-22(31)19-11-8-15(25)12-20(19)26/h3-13,29H,2H2,1H3,(H,27,30)(H,28,31). The van der Waals surface area contributed by atoms with Crippen LogP contribution in [-0.4, -0.2) is 24.3 Å². The first-order valence-corrected chi connectivity index (χ1v) is 10.9. The summed E-state index contributed by atoms with van der Waals surface area (Å²) >= 11 is 17.9. The molecule has 3 aromatic rings. The number of aliphatic imine (C=N–C) groups is 1. The van der Waals surface area contributed by atoms with Gasteiger partial charge < -0.3 is 10.1 Å². The van der Waals surface area contributed by atoms with Crippen molar-refractivity contribution < 1.29 is 14.3 Å². The summed E-state index contributed by atoms with van der Waals surface area (Å²) in [6, 6.07) is 18.1. The van der Waals surface area contributed by atoms with Gasteiger partial charge >= 0.3 is 5.97 Å². The fourth-order valence-corrected chi connectivity index (χ4v) is 3.26. The minimum Gasteiger partial charge on any atom is -0.460 e. The first-order chi connectivity index (χ1) is 15.9. The molecular weight excluding hydrogens is 487 g/mol. The Bertz CT molecular complexity index is 1180. The smallest absolute Gasteiger partial charge is 0.375 e. The summed E-state index contributed by atoms with van der Waals surface area (Å²) in [6.07, 6.45) is 0. The number of carbonyl (C=O) groups excluding carboxylic acids is 2. The number of benzene rings is 3. The molecule has 0 bridgehead atoms. The van der Waals surface area contributed by atoms with Crippen LogP contribution in [0.1, 0.15) is 17.3 Å². The van der Waals surface area contributed by atoms with Crippen LogP contribution in [0.15, 0.2) is 71.7 Å². The van der Waals surface area contributed by atoms with Gasteiger partial charge in [-0.15, -0.1) is 0 Å². The van der Waals surface area contributed by atoms with Crippen LogP contribution >= 0.6 is 34.8 Å². The Morgan fingerprint density at radius 3 is 2.33 bits per heavy atom. The van der Waals surface area contributed by atoms with Crippen molar-refractivity contribution in [3.63, 3.8) is 0 Å². The Labute approximate surface area is 205 Å². The zero-order chi connectivity index (χ0) is 23.8. The Morgan fingerprint density at radius 2 is 1.64 bits per heavy atom. The van der Waals surface area contributed by atoms with Crippen molar-refractivity contribution in [2.45, 2.75) is 6.92 Å². The summed E-state index contributed by atoms with van der Waals surface area (Å²) in [5.74, 6) is -1.14. The molecule has 1 amide bonds. The van der Waals surface area contributed by atoms with E-state index in [2.05, 4.69) is 21.2 Å². The average molecular weight is 506 g/mol. The Morgan fingerprint density at radius 1 is 0.909 bits per heavy atom. The van der Waals surface area contributed by atoms with E-state index in [4.69, 9.17) is 39.5 Å². The molecule has 0 aromatic heterocycles. The predicted octanol–water partition coefficient (Wildman–Crippen LogP) is 6.11. The maximum atomic E-state index is 12.6. The minimum atomic E-state index is -0.652. The highest BCUT2D eigenvalue weighted by Crippen LogP contribution is 2.23. The van der Waals surface area contributed by atoms with Crippen molar-refractivity contribution in [2.75, 3.05) is 17.3 Å². The number of hydrazine groups is 1. The molecule has 0 aliphatic carbocycles. The van der Waals surface area contributed by atoms with Crippen LogP contribution in [0.3, 0.4) is 0 Å². The van der Waals surface area contributed by atoms with Crippen molar-refractivity contribution in [3.8, 4) is 0 Å². The second-order valence-corrected chi connectivity index (χ2v) is 7.85. The summed E-state index contributed by atoms with van der Waals surface area (Å²) in [5.41, 5.74) is 7.43. The van der Waals surface area contributed by atoms with Crippen LogP contribution in [0, 0.1) is 0 Å². The third-order valence-corrected chi connectivity index (χ3v) is 4.96. The second kappa shape index (κ2) is 11.6. The number of amides is 1. The first-order valence-electron chi connectivity index (χ1n) is 9.75. The number of hydrogen-bond acceptors (Lipinski definition) is 5. The average Bonchev–Trinajstić information content (AvgIpc) is 2.78. The number of amidine groups is 1. The monoisotopic (exact) mass is 504 g/mol. The van der Waals surface area contributed by atoms with Crippen molar-refractivity contribution in [1.29, 1.82) is 0 Å². The van der Waals surface area contributed by atoms with Gasteiger partial charge in [-0.25, -0.2) is 9.79 Å². The summed E-state index contributed by atoms with van der Waals surface area (Å²) in [4.78, 5) is 29.3. The topological polar surface area (TPSA) is 91.8 Å². The summed E-state index contributed by atoms with van der Waals surface area (Å²) in [7, 11) is 0. The van der Waals surface area contributed by atoms with Gasteiger partial charge in [0.05, 0.1) is 28.6 Å². The maximum absolute atomic E-state index is 12.6. The van der Waals surface area contributed by atoms with E-state index in [0.29, 0.717) is 27.1 Å². The maximum Gasteiger partial charge on any atom is 0.375 e. The molecule has 33 heavy (non-hydrogen) atoms. The quantitative estimate of drug-likeness (QED) is 0.163. The highest BCUT2D eigenvalue weighted by molar-refractivity contribution is 6.37. The van der Waals surface area contributed by atoms with Crippen LogP contribution < -0.4 is 16.2 Å². The number of esters is 1. The Balaban J connectivity index is 1.79. The van der Waals surface area contributed by atoms with Crippen molar-refractivity contribution in [2.24, 2.45) is 4.99 Å². The number of hydrogen-bond donors (Lipinski definition) is 3. The molecule has 0 unspecified atom stereocenters. The van der Waals surface area contributed by atoms with Gasteiger partial charge in [-0.2, -0.15) is 0 Å². The lowest BCUT2D eigenvalue weighted by Gasteiger charge is -2.12. The molecular formula is C23H19Cl3N4O3. The van der Waals surface area contributed by atoms with E-state index in [0.717, 1.165) is 0 Å².